The second kappa shape index (κ2) is 18.2. The predicted octanol–water partition coefficient (Wildman–Crippen LogP) is 3.22. The Balaban J connectivity index is 1.54. The molecule has 0 unspecified atom stereocenters. The van der Waals surface area contributed by atoms with Gasteiger partial charge in [-0.25, -0.2) is 0 Å². The number of hydrogen-bond donors (Lipinski definition) is 4. The van der Waals surface area contributed by atoms with Crippen LogP contribution in [-0.2, 0) is 19.2 Å². The minimum atomic E-state index is -2.62. The summed E-state index contributed by atoms with van der Waals surface area (Å²) >= 11 is -5.25. The zero-order valence-corrected chi connectivity index (χ0v) is 33.3. The van der Waals surface area contributed by atoms with E-state index >= 15 is 0 Å². The van der Waals surface area contributed by atoms with Crippen molar-refractivity contribution < 1.29 is 19.2 Å². The summed E-state index contributed by atoms with van der Waals surface area (Å²) < 4.78 is 7.26. The molecule has 0 saturated carbocycles. The van der Waals surface area contributed by atoms with E-state index in [1.807, 2.05) is 48.5 Å². The maximum absolute atomic E-state index is 11.9. The van der Waals surface area contributed by atoms with E-state index < -0.39 is 40.4 Å². The van der Waals surface area contributed by atoms with Crippen molar-refractivity contribution in [3.63, 3.8) is 0 Å². The average molecular weight is 904 g/mol. The van der Waals surface area contributed by atoms with Gasteiger partial charge in [0.25, 0.3) is 0 Å². The number of carbonyl (C=O) groups excluding carboxylic acids is 4. The van der Waals surface area contributed by atoms with E-state index in [4.69, 9.17) is 0 Å². The quantitative estimate of drug-likeness (QED) is 0.101. The topological polar surface area (TPSA) is 116 Å². The molecular formula is C42H36N4O4Sb2. The summed E-state index contributed by atoms with van der Waals surface area (Å²) in [6, 6.07) is 40.8. The van der Waals surface area contributed by atoms with Gasteiger partial charge in [0.1, 0.15) is 0 Å². The Bertz CT molecular complexity index is 1830. The molecule has 0 heterocycles. The molecule has 4 N–H and O–H groups in total. The second-order valence-electron chi connectivity index (χ2n) is 11.1. The van der Waals surface area contributed by atoms with Crippen molar-refractivity contribution in [3.8, 4) is 0 Å². The van der Waals surface area contributed by atoms with Crippen LogP contribution in [0, 0.1) is 0 Å². The molecule has 0 aliphatic heterocycles. The molecule has 8 nitrogen and oxygen atoms in total. The number of hydrogen-bond acceptors (Lipinski definition) is 4. The van der Waals surface area contributed by atoms with Crippen molar-refractivity contribution in [1.82, 2.24) is 0 Å². The van der Waals surface area contributed by atoms with Crippen LogP contribution in [0.5, 0.6) is 0 Å². The van der Waals surface area contributed by atoms with Gasteiger partial charge in [0, 0.05) is 0 Å². The van der Waals surface area contributed by atoms with Crippen molar-refractivity contribution in [2.45, 2.75) is 0 Å². The van der Waals surface area contributed by atoms with Gasteiger partial charge in [-0.1, -0.05) is 0 Å². The monoisotopic (exact) mass is 902 g/mol. The van der Waals surface area contributed by atoms with Crippen molar-refractivity contribution in [2.75, 3.05) is 21.3 Å². The molecule has 0 aliphatic rings. The van der Waals surface area contributed by atoms with Crippen LogP contribution in [0.4, 0.5) is 22.7 Å². The summed E-state index contributed by atoms with van der Waals surface area (Å²) in [5, 5.41) is 11.3. The van der Waals surface area contributed by atoms with Gasteiger partial charge in [-0.2, -0.15) is 0 Å². The first-order valence-electron chi connectivity index (χ1n) is 16.1. The Kier molecular flexibility index (Phi) is 13.2. The molecule has 4 amide bonds. The van der Waals surface area contributed by atoms with Crippen molar-refractivity contribution in [1.29, 1.82) is 0 Å². The van der Waals surface area contributed by atoms with E-state index in [0.29, 0.717) is 22.7 Å². The predicted molar refractivity (Wildman–Crippen MR) is 217 cm³/mol. The van der Waals surface area contributed by atoms with Gasteiger partial charge in [-0.15, -0.1) is 0 Å². The summed E-state index contributed by atoms with van der Waals surface area (Å²) in [7, 11) is 0. The zero-order chi connectivity index (χ0) is 37.0. The third kappa shape index (κ3) is 9.88. The van der Waals surface area contributed by atoms with Crippen LogP contribution < -0.4 is 42.3 Å². The normalized spacial score (nSPS) is 10.5. The fraction of sp³-hybridized carbons (Fsp3) is 0. The van der Waals surface area contributed by atoms with Crippen molar-refractivity contribution in [2.24, 2.45) is 0 Å². The van der Waals surface area contributed by atoms with E-state index in [1.54, 1.807) is 0 Å². The van der Waals surface area contributed by atoms with E-state index in [1.165, 1.54) is 45.4 Å². The Morgan fingerprint density at radius 2 is 0.481 bits per heavy atom. The molecule has 0 radical (unpaired) electrons. The summed E-state index contributed by atoms with van der Waals surface area (Å²) in [4.78, 5) is 47.7. The summed E-state index contributed by atoms with van der Waals surface area (Å²) in [6.07, 6.45) is 4.96. The average Bonchev–Trinajstić information content (AvgIpc) is 3.18. The van der Waals surface area contributed by atoms with E-state index in [2.05, 4.69) is 120 Å². The standard InChI is InChI=1S/4C9H8NO.C6H4.2Sb/c4*1-2-9(11)10-8-6-4-3-5-7-8;1-2-4-6-5-3-1;;/h4*2,4-7H,1H2,(H,10,11);1-2,5-6H;;. The van der Waals surface area contributed by atoms with E-state index in [0.717, 1.165) is 0 Å². The summed E-state index contributed by atoms with van der Waals surface area (Å²) in [5.74, 6) is -1.09. The first-order chi connectivity index (χ1) is 25.2. The Morgan fingerprint density at radius 3 is 0.635 bits per heavy atom. The van der Waals surface area contributed by atoms with Crippen LogP contribution in [0.25, 0.3) is 0 Å². The SMILES string of the molecule is C=CC(=O)Nc1cc[c]([Sb]([c]2ccc(NC(=O)C=C)cc2)[c]2cc[c]([Sb]([c]3ccc(NC(=O)C=C)cc3)[c]3ccc(NC(=O)C=C)cc3)cc2)cc1. The molecule has 258 valence electrons. The molecule has 5 aromatic rings. The molecule has 52 heavy (non-hydrogen) atoms. The molecule has 0 atom stereocenters. The molecule has 10 heteroatoms. The van der Waals surface area contributed by atoms with E-state index in [-0.39, 0.29) is 23.6 Å². The van der Waals surface area contributed by atoms with Crippen LogP contribution in [-0.4, -0.2) is 64.0 Å². The Hall–Kier alpha value is -5.42. The van der Waals surface area contributed by atoms with Crippen LogP contribution in [0.1, 0.15) is 0 Å². The van der Waals surface area contributed by atoms with Gasteiger partial charge in [0.2, 0.25) is 0 Å². The van der Waals surface area contributed by atoms with Gasteiger partial charge in [0.15, 0.2) is 0 Å². The molecule has 0 aliphatic carbocycles. The number of anilines is 4. The van der Waals surface area contributed by atoms with Crippen LogP contribution in [0.15, 0.2) is 172 Å². The molecule has 0 spiro atoms. The number of nitrogens with one attached hydrogen (secondary N) is 4. The number of carbonyl (C=O) groups is 4. The Labute approximate surface area is 318 Å². The van der Waals surface area contributed by atoms with Gasteiger partial charge >= 0.3 is 320 Å². The number of benzene rings is 5. The summed E-state index contributed by atoms with van der Waals surface area (Å²) in [6.45, 7) is 14.1. The van der Waals surface area contributed by atoms with Crippen LogP contribution in [0.3, 0.4) is 0 Å². The molecule has 0 bridgehead atoms. The van der Waals surface area contributed by atoms with E-state index in [9.17, 15) is 19.2 Å². The van der Waals surface area contributed by atoms with Gasteiger partial charge in [-0.05, 0) is 0 Å². The van der Waals surface area contributed by atoms with Gasteiger partial charge in [-0.3, -0.25) is 0 Å². The fourth-order valence-electron chi connectivity index (χ4n) is 5.19. The molecular weight excluding hydrogens is 868 g/mol. The minimum absolute atomic E-state index is 0.273. The van der Waals surface area contributed by atoms with Gasteiger partial charge < -0.3 is 0 Å². The molecule has 5 aromatic carbocycles. The van der Waals surface area contributed by atoms with Crippen LogP contribution >= 0.6 is 0 Å². The molecule has 5 rings (SSSR count). The summed E-state index contributed by atoms with van der Waals surface area (Å²) in [5.41, 5.74) is 2.75. The Morgan fingerprint density at radius 1 is 0.327 bits per heavy atom. The van der Waals surface area contributed by atoms with Crippen molar-refractivity contribution >= 4 is 108 Å². The molecule has 0 saturated heterocycles. The van der Waals surface area contributed by atoms with Crippen molar-refractivity contribution in [3.05, 3.63) is 172 Å². The third-order valence-electron chi connectivity index (χ3n) is 7.68. The first kappa shape index (κ1) is 37.8. The molecule has 0 fully saturated rings. The molecule has 0 aromatic heterocycles. The third-order valence-corrected chi connectivity index (χ3v) is 21.6. The number of rotatable bonds is 14. The fourth-order valence-corrected chi connectivity index (χ4v) is 18.0. The second-order valence-corrected chi connectivity index (χ2v) is 23.8. The van der Waals surface area contributed by atoms with Gasteiger partial charge in [0.05, 0.1) is 0 Å². The number of amides is 4. The maximum atomic E-state index is 11.9. The van der Waals surface area contributed by atoms with Crippen LogP contribution in [0.2, 0.25) is 0 Å². The first-order valence-corrected chi connectivity index (χ1v) is 23.7. The zero-order valence-electron chi connectivity index (χ0n) is 28.2.